The van der Waals surface area contributed by atoms with Crippen LogP contribution in [-0.4, -0.2) is 20.9 Å². The van der Waals surface area contributed by atoms with Gasteiger partial charge in [0.25, 0.3) is 0 Å². The molecule has 0 aliphatic rings. The number of benzene rings is 1. The first kappa shape index (κ1) is 11.7. The van der Waals surface area contributed by atoms with Crippen molar-refractivity contribution in [1.82, 2.24) is 9.78 Å². The van der Waals surface area contributed by atoms with Crippen LogP contribution in [0, 0.1) is 6.92 Å². The quantitative estimate of drug-likeness (QED) is 0.910. The minimum atomic E-state index is -0.895. The number of halogens is 1. The highest BCUT2D eigenvalue weighted by molar-refractivity contribution is 6.32. The summed E-state index contributed by atoms with van der Waals surface area (Å²) >= 11 is 6.07. The van der Waals surface area contributed by atoms with E-state index in [2.05, 4.69) is 5.10 Å². The van der Waals surface area contributed by atoms with Gasteiger partial charge in [-0.2, -0.15) is 5.10 Å². The third kappa shape index (κ3) is 2.47. The topological polar surface area (TPSA) is 55.1 Å². The van der Waals surface area contributed by atoms with Crippen molar-refractivity contribution in [2.45, 2.75) is 13.3 Å². The van der Waals surface area contributed by atoms with Crippen LogP contribution in [0.15, 0.2) is 30.3 Å². The average molecular weight is 251 g/mol. The molecule has 1 N–H and O–H groups in total. The van der Waals surface area contributed by atoms with E-state index in [1.807, 2.05) is 25.1 Å². The predicted octanol–water partition coefficient (Wildman–Crippen LogP) is 2.46. The van der Waals surface area contributed by atoms with E-state index in [1.165, 1.54) is 0 Å². The number of aliphatic carboxylic acids is 1. The maximum absolute atomic E-state index is 10.6. The van der Waals surface area contributed by atoms with Crippen molar-refractivity contribution in [3.63, 3.8) is 0 Å². The molecule has 0 saturated heterocycles. The minimum absolute atomic E-state index is 0.0850. The summed E-state index contributed by atoms with van der Waals surface area (Å²) in [6.07, 6.45) is -0.0850. The number of nitrogens with zero attached hydrogens (tertiary/aromatic N) is 2. The van der Waals surface area contributed by atoms with Gasteiger partial charge in [0, 0.05) is 5.69 Å². The second-order valence-corrected chi connectivity index (χ2v) is 4.12. The first-order chi connectivity index (χ1) is 8.08. The molecule has 2 aromatic rings. The summed E-state index contributed by atoms with van der Waals surface area (Å²) in [5.74, 6) is -0.895. The molecule has 1 aromatic heterocycles. The number of hydrogen-bond acceptors (Lipinski definition) is 2. The van der Waals surface area contributed by atoms with E-state index in [-0.39, 0.29) is 6.42 Å². The maximum Gasteiger partial charge on any atom is 0.309 e. The number of carbonyl (C=O) groups is 1. The van der Waals surface area contributed by atoms with Gasteiger partial charge in [0.2, 0.25) is 0 Å². The Morgan fingerprint density at radius 3 is 2.82 bits per heavy atom. The summed E-state index contributed by atoms with van der Waals surface area (Å²) in [5, 5.41) is 13.5. The molecule has 0 aliphatic heterocycles. The van der Waals surface area contributed by atoms with Crippen molar-refractivity contribution in [2.75, 3.05) is 0 Å². The normalized spacial score (nSPS) is 10.5. The molecule has 5 heteroatoms. The van der Waals surface area contributed by atoms with E-state index in [0.717, 1.165) is 11.4 Å². The van der Waals surface area contributed by atoms with Gasteiger partial charge in [0.1, 0.15) is 0 Å². The largest absolute Gasteiger partial charge is 0.481 e. The maximum atomic E-state index is 10.6. The lowest BCUT2D eigenvalue weighted by Gasteiger charge is -2.05. The second-order valence-electron chi connectivity index (χ2n) is 3.71. The van der Waals surface area contributed by atoms with Gasteiger partial charge in [-0.1, -0.05) is 23.7 Å². The third-order valence-corrected chi connectivity index (χ3v) is 2.67. The van der Waals surface area contributed by atoms with Crippen LogP contribution >= 0.6 is 11.6 Å². The summed E-state index contributed by atoms with van der Waals surface area (Å²) in [5.41, 5.74) is 2.13. The van der Waals surface area contributed by atoms with Crippen LogP contribution in [0.3, 0.4) is 0 Å². The molecular formula is C12H11ClN2O2. The number of aryl methyl sites for hydroxylation is 1. The van der Waals surface area contributed by atoms with Crippen LogP contribution < -0.4 is 0 Å². The Hall–Kier alpha value is -1.81. The van der Waals surface area contributed by atoms with E-state index in [1.54, 1.807) is 16.8 Å². The number of aromatic nitrogens is 2. The van der Waals surface area contributed by atoms with Crippen LogP contribution in [0.1, 0.15) is 11.4 Å². The van der Waals surface area contributed by atoms with Crippen molar-refractivity contribution in [2.24, 2.45) is 0 Å². The molecular weight excluding hydrogens is 240 g/mol. The molecule has 1 heterocycles. The van der Waals surface area contributed by atoms with Crippen LogP contribution in [0.4, 0.5) is 0 Å². The highest BCUT2D eigenvalue weighted by Crippen LogP contribution is 2.21. The molecule has 0 spiro atoms. The molecule has 4 nitrogen and oxygen atoms in total. The number of rotatable bonds is 3. The van der Waals surface area contributed by atoms with Crippen molar-refractivity contribution >= 4 is 17.6 Å². The van der Waals surface area contributed by atoms with Crippen molar-refractivity contribution in [3.05, 3.63) is 46.7 Å². The van der Waals surface area contributed by atoms with Gasteiger partial charge in [-0.3, -0.25) is 4.79 Å². The lowest BCUT2D eigenvalue weighted by Crippen LogP contribution is -2.03. The van der Waals surface area contributed by atoms with Gasteiger partial charge < -0.3 is 5.11 Å². The van der Waals surface area contributed by atoms with Crippen LogP contribution in [0.2, 0.25) is 5.02 Å². The Bertz CT molecular complexity index is 563. The first-order valence-corrected chi connectivity index (χ1v) is 5.48. The number of hydrogen-bond donors (Lipinski definition) is 1. The van der Waals surface area contributed by atoms with E-state index < -0.39 is 5.97 Å². The standard InChI is InChI=1S/C12H11ClN2O2/c1-8-6-9(7-12(16)17)14-15(8)11-5-3-2-4-10(11)13/h2-6H,7H2,1H3,(H,16,17). The predicted molar refractivity (Wildman–Crippen MR) is 64.7 cm³/mol. The molecule has 0 unspecified atom stereocenters. The molecule has 0 saturated carbocycles. The smallest absolute Gasteiger partial charge is 0.309 e. The Balaban J connectivity index is 2.43. The fourth-order valence-corrected chi connectivity index (χ4v) is 1.86. The van der Waals surface area contributed by atoms with Crippen LogP contribution in [0.5, 0.6) is 0 Å². The molecule has 2 rings (SSSR count). The van der Waals surface area contributed by atoms with Gasteiger partial charge >= 0.3 is 5.97 Å². The van der Waals surface area contributed by atoms with E-state index in [0.29, 0.717) is 10.7 Å². The molecule has 88 valence electrons. The first-order valence-electron chi connectivity index (χ1n) is 5.10. The molecule has 0 amide bonds. The Kier molecular flexibility index (Phi) is 3.15. The van der Waals surface area contributed by atoms with E-state index >= 15 is 0 Å². The lowest BCUT2D eigenvalue weighted by atomic mass is 10.3. The molecule has 0 aliphatic carbocycles. The Labute approximate surface area is 103 Å². The molecule has 0 atom stereocenters. The third-order valence-electron chi connectivity index (χ3n) is 2.35. The number of carboxylic acids is 1. The monoisotopic (exact) mass is 250 g/mol. The minimum Gasteiger partial charge on any atom is -0.481 e. The summed E-state index contributed by atoms with van der Waals surface area (Å²) in [4.78, 5) is 10.6. The van der Waals surface area contributed by atoms with Crippen LogP contribution in [-0.2, 0) is 11.2 Å². The SMILES string of the molecule is Cc1cc(CC(=O)O)nn1-c1ccccc1Cl. The molecule has 0 fully saturated rings. The lowest BCUT2D eigenvalue weighted by molar-refractivity contribution is -0.136. The zero-order valence-corrected chi connectivity index (χ0v) is 9.98. The average Bonchev–Trinajstić information content (AvgIpc) is 2.59. The van der Waals surface area contributed by atoms with Crippen molar-refractivity contribution in [3.8, 4) is 5.69 Å². The van der Waals surface area contributed by atoms with Gasteiger partial charge in [-0.25, -0.2) is 4.68 Å². The van der Waals surface area contributed by atoms with Crippen LogP contribution in [0.25, 0.3) is 5.69 Å². The molecule has 17 heavy (non-hydrogen) atoms. The van der Waals surface area contributed by atoms with Crippen molar-refractivity contribution in [1.29, 1.82) is 0 Å². The van der Waals surface area contributed by atoms with Gasteiger partial charge in [0.15, 0.2) is 0 Å². The van der Waals surface area contributed by atoms with Gasteiger partial charge in [-0.05, 0) is 25.1 Å². The summed E-state index contributed by atoms with van der Waals surface area (Å²) < 4.78 is 1.65. The highest BCUT2D eigenvalue weighted by atomic mass is 35.5. The summed E-state index contributed by atoms with van der Waals surface area (Å²) in [6.45, 7) is 1.86. The fraction of sp³-hybridized carbons (Fsp3) is 0.167. The second kappa shape index (κ2) is 4.59. The van der Waals surface area contributed by atoms with Gasteiger partial charge in [0.05, 0.1) is 22.8 Å². The summed E-state index contributed by atoms with van der Waals surface area (Å²) in [6, 6.07) is 9.06. The van der Waals surface area contributed by atoms with Crippen molar-refractivity contribution < 1.29 is 9.90 Å². The Morgan fingerprint density at radius 1 is 1.47 bits per heavy atom. The fourth-order valence-electron chi connectivity index (χ4n) is 1.65. The van der Waals surface area contributed by atoms with E-state index in [9.17, 15) is 4.79 Å². The number of para-hydroxylation sites is 1. The zero-order chi connectivity index (χ0) is 12.4. The van der Waals surface area contributed by atoms with Gasteiger partial charge in [-0.15, -0.1) is 0 Å². The molecule has 0 radical (unpaired) electrons. The summed E-state index contributed by atoms with van der Waals surface area (Å²) in [7, 11) is 0. The Morgan fingerprint density at radius 2 is 2.18 bits per heavy atom. The zero-order valence-electron chi connectivity index (χ0n) is 9.22. The number of carboxylic acid groups (broad SMARTS) is 1. The van der Waals surface area contributed by atoms with E-state index in [4.69, 9.17) is 16.7 Å². The molecule has 0 bridgehead atoms. The highest BCUT2D eigenvalue weighted by Gasteiger charge is 2.10. The molecule has 1 aromatic carbocycles.